The number of methoxy groups -OCH3 is 2. The standard InChI is InChI=1S/C16H33N3O4/c1-13(14(21-5)22-6)17-7-8-18-9-11-19(12-10-18)15(20)23-16(2,3)4/h13-14,17H,7-12H2,1-6H3. The molecule has 0 aromatic rings. The first-order valence-corrected chi connectivity index (χ1v) is 8.26. The molecule has 1 atom stereocenters. The Bertz CT molecular complexity index is 348. The van der Waals surface area contributed by atoms with Crippen molar-refractivity contribution in [2.45, 2.75) is 45.6 Å². The van der Waals surface area contributed by atoms with E-state index in [0.717, 1.165) is 26.2 Å². The Morgan fingerprint density at radius 1 is 1.13 bits per heavy atom. The summed E-state index contributed by atoms with van der Waals surface area (Å²) in [7, 11) is 3.28. The van der Waals surface area contributed by atoms with E-state index in [9.17, 15) is 4.79 Å². The van der Waals surface area contributed by atoms with Crippen LogP contribution >= 0.6 is 0 Å². The van der Waals surface area contributed by atoms with Gasteiger partial charge in [0.2, 0.25) is 0 Å². The summed E-state index contributed by atoms with van der Waals surface area (Å²) >= 11 is 0. The van der Waals surface area contributed by atoms with Crippen molar-refractivity contribution in [1.82, 2.24) is 15.1 Å². The second kappa shape index (κ2) is 9.42. The van der Waals surface area contributed by atoms with Gasteiger partial charge in [0.1, 0.15) is 5.60 Å². The van der Waals surface area contributed by atoms with Crippen LogP contribution in [0.2, 0.25) is 0 Å². The normalized spacial score (nSPS) is 18.3. The fourth-order valence-electron chi connectivity index (χ4n) is 2.53. The molecule has 0 saturated carbocycles. The number of carbonyl (C=O) groups is 1. The number of nitrogens with one attached hydrogen (secondary N) is 1. The maximum absolute atomic E-state index is 12.0. The van der Waals surface area contributed by atoms with E-state index in [4.69, 9.17) is 14.2 Å². The van der Waals surface area contributed by atoms with Crippen LogP contribution in [0.15, 0.2) is 0 Å². The zero-order valence-electron chi connectivity index (χ0n) is 15.4. The van der Waals surface area contributed by atoms with Gasteiger partial charge in [0, 0.05) is 53.5 Å². The van der Waals surface area contributed by atoms with Crippen molar-refractivity contribution in [3.05, 3.63) is 0 Å². The van der Waals surface area contributed by atoms with Crippen molar-refractivity contribution in [2.24, 2.45) is 0 Å². The second-order valence-electron chi connectivity index (χ2n) is 6.89. The molecule has 0 spiro atoms. The average molecular weight is 331 g/mol. The third-order valence-corrected chi connectivity index (χ3v) is 3.79. The summed E-state index contributed by atoms with van der Waals surface area (Å²) in [5.74, 6) is 0. The van der Waals surface area contributed by atoms with Crippen LogP contribution in [0.3, 0.4) is 0 Å². The first-order chi connectivity index (χ1) is 10.8. The molecular formula is C16H33N3O4. The smallest absolute Gasteiger partial charge is 0.410 e. The summed E-state index contributed by atoms with van der Waals surface area (Å²) in [4.78, 5) is 16.1. The molecule has 7 heteroatoms. The first-order valence-electron chi connectivity index (χ1n) is 8.26. The van der Waals surface area contributed by atoms with Gasteiger partial charge in [0.15, 0.2) is 6.29 Å². The Morgan fingerprint density at radius 3 is 2.17 bits per heavy atom. The summed E-state index contributed by atoms with van der Waals surface area (Å²) in [6.07, 6.45) is -0.453. The molecule has 1 saturated heterocycles. The summed E-state index contributed by atoms with van der Waals surface area (Å²) < 4.78 is 15.9. The molecule has 136 valence electrons. The molecule has 0 aliphatic carbocycles. The van der Waals surface area contributed by atoms with Crippen LogP contribution in [0, 0.1) is 0 Å². The predicted octanol–water partition coefficient (Wildman–Crippen LogP) is 1.14. The predicted molar refractivity (Wildman–Crippen MR) is 89.5 cm³/mol. The third-order valence-electron chi connectivity index (χ3n) is 3.79. The number of carbonyl (C=O) groups excluding carboxylic acids is 1. The minimum atomic E-state index is -0.437. The lowest BCUT2D eigenvalue weighted by atomic mass is 10.2. The summed E-state index contributed by atoms with van der Waals surface area (Å²) in [6.45, 7) is 12.7. The number of amides is 1. The lowest BCUT2D eigenvalue weighted by molar-refractivity contribution is -0.119. The van der Waals surface area contributed by atoms with Crippen LogP contribution < -0.4 is 5.32 Å². The third kappa shape index (κ3) is 7.48. The highest BCUT2D eigenvalue weighted by molar-refractivity contribution is 5.68. The molecule has 0 radical (unpaired) electrons. The SMILES string of the molecule is COC(OC)C(C)NCCN1CCN(C(=O)OC(C)(C)C)CC1. The molecule has 7 nitrogen and oxygen atoms in total. The van der Waals surface area contributed by atoms with E-state index in [-0.39, 0.29) is 18.4 Å². The molecule has 1 rings (SSSR count). The number of hydrogen-bond donors (Lipinski definition) is 1. The van der Waals surface area contributed by atoms with E-state index >= 15 is 0 Å². The van der Waals surface area contributed by atoms with E-state index in [0.29, 0.717) is 13.1 Å². The minimum absolute atomic E-state index is 0.132. The molecule has 1 N–H and O–H groups in total. The van der Waals surface area contributed by atoms with Gasteiger partial charge in [-0.2, -0.15) is 0 Å². The zero-order chi connectivity index (χ0) is 17.5. The molecule has 1 aliphatic heterocycles. The molecule has 0 aromatic heterocycles. The Kier molecular flexibility index (Phi) is 8.25. The number of rotatable bonds is 7. The fourth-order valence-corrected chi connectivity index (χ4v) is 2.53. The molecule has 23 heavy (non-hydrogen) atoms. The van der Waals surface area contributed by atoms with Crippen molar-refractivity contribution in [2.75, 3.05) is 53.5 Å². The number of hydrogen-bond acceptors (Lipinski definition) is 6. The highest BCUT2D eigenvalue weighted by atomic mass is 16.7. The van der Waals surface area contributed by atoms with E-state index in [1.807, 2.05) is 27.7 Å². The van der Waals surface area contributed by atoms with Crippen LogP contribution in [0.1, 0.15) is 27.7 Å². The van der Waals surface area contributed by atoms with Crippen LogP contribution in [0.4, 0.5) is 4.79 Å². The molecule has 1 amide bonds. The molecule has 1 unspecified atom stereocenters. The molecule has 1 aliphatic rings. The zero-order valence-corrected chi connectivity index (χ0v) is 15.4. The van der Waals surface area contributed by atoms with Crippen molar-refractivity contribution in [3.63, 3.8) is 0 Å². The Labute approximate surface area is 140 Å². The Morgan fingerprint density at radius 2 is 1.70 bits per heavy atom. The first kappa shape index (κ1) is 20.2. The van der Waals surface area contributed by atoms with Gasteiger partial charge in [0.05, 0.1) is 6.04 Å². The van der Waals surface area contributed by atoms with Crippen molar-refractivity contribution in [3.8, 4) is 0 Å². The van der Waals surface area contributed by atoms with Crippen molar-refractivity contribution < 1.29 is 19.0 Å². The minimum Gasteiger partial charge on any atom is -0.444 e. The van der Waals surface area contributed by atoms with Gasteiger partial charge in [-0.3, -0.25) is 4.90 Å². The van der Waals surface area contributed by atoms with Gasteiger partial charge in [-0.05, 0) is 27.7 Å². The monoisotopic (exact) mass is 331 g/mol. The van der Waals surface area contributed by atoms with E-state index in [2.05, 4.69) is 10.2 Å². The molecule has 0 aromatic carbocycles. The van der Waals surface area contributed by atoms with Crippen LogP contribution in [0.25, 0.3) is 0 Å². The lowest BCUT2D eigenvalue weighted by Gasteiger charge is -2.35. The molecule has 0 bridgehead atoms. The van der Waals surface area contributed by atoms with Crippen molar-refractivity contribution in [1.29, 1.82) is 0 Å². The molecular weight excluding hydrogens is 298 g/mol. The average Bonchev–Trinajstić information content (AvgIpc) is 2.47. The number of ether oxygens (including phenoxy) is 3. The topological polar surface area (TPSA) is 63.3 Å². The van der Waals surface area contributed by atoms with E-state index in [1.54, 1.807) is 19.1 Å². The molecule has 1 heterocycles. The van der Waals surface area contributed by atoms with Gasteiger partial charge in [-0.25, -0.2) is 4.79 Å². The van der Waals surface area contributed by atoms with Gasteiger partial charge in [-0.1, -0.05) is 0 Å². The van der Waals surface area contributed by atoms with Crippen LogP contribution in [0.5, 0.6) is 0 Å². The van der Waals surface area contributed by atoms with Crippen LogP contribution in [-0.2, 0) is 14.2 Å². The highest BCUT2D eigenvalue weighted by Gasteiger charge is 2.25. The summed E-state index contributed by atoms with van der Waals surface area (Å²) in [6, 6.07) is 0.132. The van der Waals surface area contributed by atoms with E-state index < -0.39 is 5.60 Å². The molecule has 1 fully saturated rings. The highest BCUT2D eigenvalue weighted by Crippen LogP contribution is 2.11. The lowest BCUT2D eigenvalue weighted by Crippen LogP contribution is -2.51. The van der Waals surface area contributed by atoms with Crippen molar-refractivity contribution >= 4 is 6.09 Å². The fraction of sp³-hybridized carbons (Fsp3) is 0.938. The van der Waals surface area contributed by atoms with Gasteiger partial charge >= 0.3 is 6.09 Å². The van der Waals surface area contributed by atoms with E-state index in [1.165, 1.54) is 0 Å². The number of nitrogens with zero attached hydrogens (tertiary/aromatic N) is 2. The maximum Gasteiger partial charge on any atom is 0.410 e. The second-order valence-corrected chi connectivity index (χ2v) is 6.89. The van der Waals surface area contributed by atoms with Crippen LogP contribution in [-0.4, -0.2) is 87.3 Å². The largest absolute Gasteiger partial charge is 0.444 e. The summed E-state index contributed by atoms with van der Waals surface area (Å²) in [5.41, 5.74) is -0.437. The van der Waals surface area contributed by atoms with Gasteiger partial charge in [0.25, 0.3) is 0 Å². The van der Waals surface area contributed by atoms with Gasteiger partial charge < -0.3 is 24.4 Å². The Hall–Kier alpha value is -0.890. The maximum atomic E-state index is 12.0. The quantitative estimate of drug-likeness (QED) is 0.706. The Balaban J connectivity index is 2.23. The number of piperazine rings is 1. The van der Waals surface area contributed by atoms with Gasteiger partial charge in [-0.15, -0.1) is 0 Å². The summed E-state index contributed by atoms with van der Waals surface area (Å²) in [5, 5.41) is 3.40.